The molecule has 1 aliphatic rings. The molecule has 0 amide bonds. The number of carboxylic acid groups (broad SMARTS) is 1. The summed E-state index contributed by atoms with van der Waals surface area (Å²) in [6.07, 6.45) is 2.35. The van der Waals surface area contributed by atoms with Gasteiger partial charge in [0.2, 0.25) is 0 Å². The molecule has 0 spiro atoms. The Bertz CT molecular complexity index is 390. The topological polar surface area (TPSA) is 46.5 Å². The van der Waals surface area contributed by atoms with Crippen molar-refractivity contribution in [2.45, 2.75) is 24.2 Å². The van der Waals surface area contributed by atoms with Crippen LogP contribution < -0.4 is 4.74 Å². The van der Waals surface area contributed by atoms with Gasteiger partial charge in [-0.25, -0.2) is 0 Å². The largest absolute Gasteiger partial charge is 0.492 e. The van der Waals surface area contributed by atoms with E-state index < -0.39 is 5.97 Å². The number of aryl methyl sites for hydroxylation is 1. The molecule has 0 saturated heterocycles. The first kappa shape index (κ1) is 11.3. The van der Waals surface area contributed by atoms with Crippen LogP contribution >= 0.6 is 11.8 Å². The summed E-state index contributed by atoms with van der Waals surface area (Å²) in [5.74, 6) is 1.13. The standard InChI is InChI=1S/C12H14O3S/c13-11(14)6-7-15-10-5-1-3-9-4-2-8-16-12(9)10/h1,3,5H,2,4,6-8H2,(H,13,14). The molecule has 86 valence electrons. The van der Waals surface area contributed by atoms with E-state index in [0.29, 0.717) is 0 Å². The lowest BCUT2D eigenvalue weighted by Crippen LogP contribution is -2.07. The Morgan fingerprint density at radius 1 is 1.50 bits per heavy atom. The Kier molecular flexibility index (Phi) is 3.72. The van der Waals surface area contributed by atoms with Gasteiger partial charge in [0.05, 0.1) is 17.9 Å². The molecule has 0 fully saturated rings. The molecule has 0 radical (unpaired) electrons. The van der Waals surface area contributed by atoms with Gasteiger partial charge in [-0.2, -0.15) is 0 Å². The number of rotatable bonds is 4. The summed E-state index contributed by atoms with van der Waals surface area (Å²) in [5.41, 5.74) is 1.32. The van der Waals surface area contributed by atoms with E-state index in [1.165, 1.54) is 16.9 Å². The molecule has 0 bridgehead atoms. The SMILES string of the molecule is O=C(O)CCOc1cccc2c1SCCC2. The van der Waals surface area contributed by atoms with Crippen molar-refractivity contribution in [3.8, 4) is 5.75 Å². The van der Waals surface area contributed by atoms with Gasteiger partial charge in [0.1, 0.15) is 5.75 Å². The lowest BCUT2D eigenvalue weighted by atomic mass is 10.1. The lowest BCUT2D eigenvalue weighted by molar-refractivity contribution is -0.137. The second-order valence-corrected chi connectivity index (χ2v) is 4.79. The zero-order valence-electron chi connectivity index (χ0n) is 8.94. The van der Waals surface area contributed by atoms with Gasteiger partial charge in [-0.1, -0.05) is 12.1 Å². The van der Waals surface area contributed by atoms with Gasteiger partial charge in [-0.3, -0.25) is 4.79 Å². The summed E-state index contributed by atoms with van der Waals surface area (Å²) >= 11 is 1.80. The predicted molar refractivity (Wildman–Crippen MR) is 63.2 cm³/mol. The maximum atomic E-state index is 10.4. The third kappa shape index (κ3) is 2.70. The van der Waals surface area contributed by atoms with Crippen molar-refractivity contribution >= 4 is 17.7 Å². The van der Waals surface area contributed by atoms with Crippen molar-refractivity contribution in [3.63, 3.8) is 0 Å². The van der Waals surface area contributed by atoms with Crippen molar-refractivity contribution in [3.05, 3.63) is 23.8 Å². The van der Waals surface area contributed by atoms with E-state index >= 15 is 0 Å². The van der Waals surface area contributed by atoms with Gasteiger partial charge >= 0.3 is 5.97 Å². The second kappa shape index (κ2) is 5.25. The number of benzene rings is 1. The van der Waals surface area contributed by atoms with Crippen molar-refractivity contribution in [2.75, 3.05) is 12.4 Å². The number of hydrogen-bond acceptors (Lipinski definition) is 3. The minimum atomic E-state index is -0.822. The molecule has 3 nitrogen and oxygen atoms in total. The summed E-state index contributed by atoms with van der Waals surface area (Å²) in [6.45, 7) is 0.242. The molecular weight excluding hydrogens is 224 g/mol. The summed E-state index contributed by atoms with van der Waals surface area (Å²) in [7, 11) is 0. The first-order chi connectivity index (χ1) is 7.77. The number of carbonyl (C=O) groups is 1. The monoisotopic (exact) mass is 238 g/mol. The van der Waals surface area contributed by atoms with Gasteiger partial charge in [0.15, 0.2) is 0 Å². The van der Waals surface area contributed by atoms with Crippen LogP contribution in [-0.4, -0.2) is 23.4 Å². The third-order valence-electron chi connectivity index (χ3n) is 2.47. The quantitative estimate of drug-likeness (QED) is 0.875. The maximum absolute atomic E-state index is 10.4. The highest BCUT2D eigenvalue weighted by Gasteiger charge is 2.14. The van der Waals surface area contributed by atoms with Crippen LogP contribution in [0, 0.1) is 0 Å². The van der Waals surface area contributed by atoms with Gasteiger partial charge in [-0.15, -0.1) is 11.8 Å². The van der Waals surface area contributed by atoms with Gasteiger partial charge in [0.25, 0.3) is 0 Å². The fourth-order valence-electron chi connectivity index (χ4n) is 1.72. The maximum Gasteiger partial charge on any atom is 0.306 e. The highest BCUT2D eigenvalue weighted by molar-refractivity contribution is 7.99. The molecule has 1 aromatic carbocycles. The molecule has 1 N–H and O–H groups in total. The Hall–Kier alpha value is -1.16. The highest BCUT2D eigenvalue weighted by Crippen LogP contribution is 2.37. The molecule has 1 aromatic rings. The minimum Gasteiger partial charge on any atom is -0.492 e. The van der Waals surface area contributed by atoms with Crippen molar-refractivity contribution in [2.24, 2.45) is 0 Å². The Morgan fingerprint density at radius 3 is 3.19 bits per heavy atom. The zero-order valence-corrected chi connectivity index (χ0v) is 9.76. The van der Waals surface area contributed by atoms with Crippen molar-refractivity contribution in [1.29, 1.82) is 0 Å². The first-order valence-corrected chi connectivity index (χ1v) is 6.35. The minimum absolute atomic E-state index is 0.0499. The normalized spacial score (nSPS) is 14.2. The number of carboxylic acids is 1. The van der Waals surface area contributed by atoms with Gasteiger partial charge < -0.3 is 9.84 Å². The van der Waals surface area contributed by atoms with Crippen LogP contribution in [0.2, 0.25) is 0 Å². The number of hydrogen-bond donors (Lipinski definition) is 1. The molecule has 4 heteroatoms. The molecular formula is C12H14O3S. The predicted octanol–water partition coefficient (Wildman–Crippen LogP) is 2.58. The molecule has 1 heterocycles. The Morgan fingerprint density at radius 2 is 2.38 bits per heavy atom. The average molecular weight is 238 g/mol. The molecule has 0 unspecified atom stereocenters. The molecule has 0 atom stereocenters. The van der Waals surface area contributed by atoms with Crippen LogP contribution in [0.15, 0.2) is 23.1 Å². The summed E-state index contributed by atoms with van der Waals surface area (Å²) < 4.78 is 5.51. The zero-order chi connectivity index (χ0) is 11.4. The molecule has 0 saturated carbocycles. The molecule has 0 aliphatic carbocycles. The lowest BCUT2D eigenvalue weighted by Gasteiger charge is -2.18. The smallest absolute Gasteiger partial charge is 0.306 e. The van der Waals surface area contributed by atoms with Gasteiger partial charge in [-0.05, 0) is 30.2 Å². The summed E-state index contributed by atoms with van der Waals surface area (Å²) in [6, 6.07) is 6.01. The highest BCUT2D eigenvalue weighted by atomic mass is 32.2. The number of fused-ring (bicyclic) bond motifs is 1. The second-order valence-electron chi connectivity index (χ2n) is 3.69. The van der Waals surface area contributed by atoms with Crippen LogP contribution in [0.4, 0.5) is 0 Å². The average Bonchev–Trinajstić information content (AvgIpc) is 2.29. The van der Waals surface area contributed by atoms with E-state index in [1.807, 2.05) is 12.1 Å². The van der Waals surface area contributed by atoms with E-state index in [-0.39, 0.29) is 13.0 Å². The Labute approximate surface area is 98.8 Å². The molecule has 0 aromatic heterocycles. The van der Waals surface area contributed by atoms with E-state index in [0.717, 1.165) is 17.9 Å². The van der Waals surface area contributed by atoms with Crippen LogP contribution in [0.1, 0.15) is 18.4 Å². The number of aliphatic carboxylic acids is 1. The van der Waals surface area contributed by atoms with Crippen LogP contribution in [-0.2, 0) is 11.2 Å². The van der Waals surface area contributed by atoms with E-state index in [9.17, 15) is 4.79 Å². The van der Waals surface area contributed by atoms with Gasteiger partial charge in [0, 0.05) is 0 Å². The fourth-order valence-corrected chi connectivity index (χ4v) is 2.84. The van der Waals surface area contributed by atoms with Crippen molar-refractivity contribution in [1.82, 2.24) is 0 Å². The molecule has 1 aliphatic heterocycles. The summed E-state index contributed by atoms with van der Waals surface area (Å²) in [5, 5.41) is 8.54. The van der Waals surface area contributed by atoms with Crippen LogP contribution in [0.3, 0.4) is 0 Å². The number of thioether (sulfide) groups is 1. The fraction of sp³-hybridized carbons (Fsp3) is 0.417. The van der Waals surface area contributed by atoms with E-state index in [4.69, 9.17) is 9.84 Å². The van der Waals surface area contributed by atoms with E-state index in [1.54, 1.807) is 11.8 Å². The third-order valence-corrected chi connectivity index (χ3v) is 3.72. The first-order valence-electron chi connectivity index (χ1n) is 5.36. The van der Waals surface area contributed by atoms with Crippen molar-refractivity contribution < 1.29 is 14.6 Å². The molecule has 16 heavy (non-hydrogen) atoms. The van der Waals surface area contributed by atoms with E-state index in [2.05, 4.69) is 6.07 Å². The molecule has 2 rings (SSSR count). The van der Waals surface area contributed by atoms with Crippen LogP contribution in [0.5, 0.6) is 5.75 Å². The number of ether oxygens (including phenoxy) is 1. The van der Waals surface area contributed by atoms with Crippen LogP contribution in [0.25, 0.3) is 0 Å². The summed E-state index contributed by atoms with van der Waals surface area (Å²) in [4.78, 5) is 11.6. The Balaban J connectivity index is 2.05.